The standard InChI is InChI=1S/C23H24N2O5S/c1-2-15-29-19-8-5-18(6-9-19)7-10-22(27)30-17-21(26)24-11-13-25(14-12-24)23(28)20-4-3-16-31-20/h2-10,16H,1,11-15,17H2/b10-7+. The molecule has 0 radical (unpaired) electrons. The summed E-state index contributed by atoms with van der Waals surface area (Å²) in [5.41, 5.74) is 0.806. The maximum absolute atomic E-state index is 12.4. The van der Waals surface area contributed by atoms with E-state index in [1.54, 1.807) is 40.2 Å². The van der Waals surface area contributed by atoms with Crippen LogP contribution in [-0.2, 0) is 14.3 Å². The molecule has 2 aromatic rings. The molecule has 7 nitrogen and oxygen atoms in total. The molecule has 1 saturated heterocycles. The Morgan fingerprint density at radius 1 is 1.03 bits per heavy atom. The number of thiophene rings is 1. The fraction of sp³-hybridized carbons (Fsp3) is 0.261. The smallest absolute Gasteiger partial charge is 0.331 e. The van der Waals surface area contributed by atoms with Crippen molar-refractivity contribution in [1.29, 1.82) is 0 Å². The van der Waals surface area contributed by atoms with Crippen LogP contribution in [0.25, 0.3) is 6.08 Å². The molecule has 0 spiro atoms. The SMILES string of the molecule is C=CCOc1ccc(/C=C/C(=O)OCC(=O)N2CCN(C(=O)c3cccs3)CC2)cc1. The Morgan fingerprint density at radius 3 is 2.39 bits per heavy atom. The third-order valence-electron chi connectivity index (χ3n) is 4.65. The first-order valence-corrected chi connectivity index (χ1v) is 10.7. The zero-order valence-electron chi connectivity index (χ0n) is 17.1. The summed E-state index contributed by atoms with van der Waals surface area (Å²) in [4.78, 5) is 40.6. The van der Waals surface area contributed by atoms with E-state index in [4.69, 9.17) is 9.47 Å². The summed E-state index contributed by atoms with van der Waals surface area (Å²) in [6.45, 7) is 5.46. The average Bonchev–Trinajstić information content (AvgIpc) is 3.35. The second-order valence-corrected chi connectivity index (χ2v) is 7.71. The van der Waals surface area contributed by atoms with Crippen molar-refractivity contribution in [3.8, 4) is 5.75 Å². The number of hydrogen-bond acceptors (Lipinski definition) is 6. The van der Waals surface area contributed by atoms with Crippen LogP contribution in [0, 0.1) is 0 Å². The van der Waals surface area contributed by atoms with E-state index in [-0.39, 0.29) is 18.4 Å². The molecule has 2 heterocycles. The lowest BCUT2D eigenvalue weighted by Gasteiger charge is -2.34. The Morgan fingerprint density at radius 2 is 1.74 bits per heavy atom. The molecule has 1 aromatic heterocycles. The van der Waals surface area contributed by atoms with Gasteiger partial charge in [0.05, 0.1) is 4.88 Å². The summed E-state index contributed by atoms with van der Waals surface area (Å²) in [5, 5.41) is 1.86. The first-order chi connectivity index (χ1) is 15.1. The van der Waals surface area contributed by atoms with Crippen molar-refractivity contribution in [3.63, 3.8) is 0 Å². The monoisotopic (exact) mass is 440 g/mol. The molecule has 31 heavy (non-hydrogen) atoms. The van der Waals surface area contributed by atoms with Crippen molar-refractivity contribution in [2.45, 2.75) is 0 Å². The summed E-state index contributed by atoms with van der Waals surface area (Å²) in [6, 6.07) is 10.8. The average molecular weight is 441 g/mol. The van der Waals surface area contributed by atoms with E-state index in [9.17, 15) is 14.4 Å². The number of carbonyl (C=O) groups is 3. The maximum Gasteiger partial charge on any atom is 0.331 e. The van der Waals surface area contributed by atoms with Gasteiger partial charge in [0, 0.05) is 32.3 Å². The van der Waals surface area contributed by atoms with Gasteiger partial charge < -0.3 is 19.3 Å². The fourth-order valence-electron chi connectivity index (χ4n) is 2.98. The van der Waals surface area contributed by atoms with Crippen LogP contribution in [0.4, 0.5) is 0 Å². The Labute approximate surface area is 185 Å². The molecule has 1 aliphatic heterocycles. The van der Waals surface area contributed by atoms with Gasteiger partial charge in [0.15, 0.2) is 6.61 Å². The number of ether oxygens (including phenoxy) is 2. The quantitative estimate of drug-likeness (QED) is 0.358. The molecule has 1 aliphatic rings. The predicted molar refractivity (Wildman–Crippen MR) is 119 cm³/mol. The number of amides is 2. The van der Waals surface area contributed by atoms with Crippen molar-refractivity contribution >= 4 is 35.2 Å². The van der Waals surface area contributed by atoms with Crippen LogP contribution in [0.2, 0.25) is 0 Å². The molecule has 3 rings (SSSR count). The van der Waals surface area contributed by atoms with Crippen LogP contribution < -0.4 is 4.74 Å². The largest absolute Gasteiger partial charge is 0.490 e. The summed E-state index contributed by atoms with van der Waals surface area (Å²) < 4.78 is 10.5. The van der Waals surface area contributed by atoms with Crippen LogP contribution >= 0.6 is 11.3 Å². The zero-order chi connectivity index (χ0) is 22.1. The second-order valence-electron chi connectivity index (χ2n) is 6.76. The second kappa shape index (κ2) is 11.1. The van der Waals surface area contributed by atoms with Gasteiger partial charge in [-0.3, -0.25) is 9.59 Å². The Hall–Kier alpha value is -3.39. The summed E-state index contributed by atoms with van der Waals surface area (Å²) in [6.07, 6.45) is 4.55. The van der Waals surface area contributed by atoms with Crippen molar-refractivity contribution in [2.24, 2.45) is 0 Å². The van der Waals surface area contributed by atoms with Crippen LogP contribution in [0.5, 0.6) is 5.75 Å². The van der Waals surface area contributed by atoms with Crippen LogP contribution in [0.3, 0.4) is 0 Å². The fourth-order valence-corrected chi connectivity index (χ4v) is 3.67. The molecule has 0 atom stereocenters. The first-order valence-electron chi connectivity index (χ1n) is 9.86. The van der Waals surface area contributed by atoms with Gasteiger partial charge >= 0.3 is 5.97 Å². The highest BCUT2D eigenvalue weighted by atomic mass is 32.1. The van der Waals surface area contributed by atoms with E-state index >= 15 is 0 Å². The molecule has 0 N–H and O–H groups in total. The lowest BCUT2D eigenvalue weighted by Crippen LogP contribution is -2.51. The van der Waals surface area contributed by atoms with E-state index < -0.39 is 5.97 Å². The molecular weight excluding hydrogens is 416 g/mol. The Kier molecular flexibility index (Phi) is 8.00. The number of benzene rings is 1. The van der Waals surface area contributed by atoms with Crippen molar-refractivity contribution in [2.75, 3.05) is 39.4 Å². The molecule has 0 bridgehead atoms. The van der Waals surface area contributed by atoms with Crippen molar-refractivity contribution in [1.82, 2.24) is 9.80 Å². The molecule has 1 fully saturated rings. The van der Waals surface area contributed by atoms with Crippen molar-refractivity contribution in [3.05, 3.63) is 70.9 Å². The molecule has 0 unspecified atom stereocenters. The van der Waals surface area contributed by atoms with E-state index in [1.807, 2.05) is 23.6 Å². The van der Waals surface area contributed by atoms with Crippen LogP contribution in [0.1, 0.15) is 15.2 Å². The Balaban J connectivity index is 1.39. The van der Waals surface area contributed by atoms with E-state index in [0.29, 0.717) is 43.4 Å². The van der Waals surface area contributed by atoms with Gasteiger partial charge in [-0.2, -0.15) is 0 Å². The molecule has 1 aromatic carbocycles. The normalized spacial score (nSPS) is 13.8. The summed E-state index contributed by atoms with van der Waals surface area (Å²) >= 11 is 1.40. The number of esters is 1. The first kappa shape index (κ1) is 22.3. The van der Waals surface area contributed by atoms with Gasteiger partial charge in [0.1, 0.15) is 12.4 Å². The highest BCUT2D eigenvalue weighted by Gasteiger charge is 2.25. The predicted octanol–water partition coefficient (Wildman–Crippen LogP) is 2.85. The van der Waals surface area contributed by atoms with Gasteiger partial charge in [0.25, 0.3) is 11.8 Å². The number of hydrogen-bond donors (Lipinski definition) is 0. The van der Waals surface area contributed by atoms with Gasteiger partial charge in [-0.1, -0.05) is 30.9 Å². The lowest BCUT2D eigenvalue weighted by molar-refractivity contribution is -0.148. The van der Waals surface area contributed by atoms with E-state index in [1.165, 1.54) is 17.4 Å². The number of carbonyl (C=O) groups excluding carboxylic acids is 3. The molecular formula is C23H24N2O5S. The van der Waals surface area contributed by atoms with Gasteiger partial charge in [-0.05, 0) is 35.2 Å². The van der Waals surface area contributed by atoms with Crippen molar-refractivity contribution < 1.29 is 23.9 Å². The number of rotatable bonds is 8. The third-order valence-corrected chi connectivity index (χ3v) is 5.51. The minimum atomic E-state index is -0.591. The Bertz CT molecular complexity index is 929. The van der Waals surface area contributed by atoms with Gasteiger partial charge in [-0.15, -0.1) is 11.3 Å². The highest BCUT2D eigenvalue weighted by Crippen LogP contribution is 2.15. The molecule has 0 saturated carbocycles. The molecule has 8 heteroatoms. The number of nitrogens with zero attached hydrogens (tertiary/aromatic N) is 2. The number of piperazine rings is 1. The lowest BCUT2D eigenvalue weighted by atomic mass is 10.2. The molecule has 162 valence electrons. The van der Waals surface area contributed by atoms with Gasteiger partial charge in [0.2, 0.25) is 0 Å². The van der Waals surface area contributed by atoms with E-state index in [2.05, 4.69) is 6.58 Å². The summed E-state index contributed by atoms with van der Waals surface area (Å²) in [7, 11) is 0. The van der Waals surface area contributed by atoms with Crippen LogP contribution in [0.15, 0.2) is 60.5 Å². The third kappa shape index (κ3) is 6.55. The topological polar surface area (TPSA) is 76.2 Å². The molecule has 2 amide bonds. The van der Waals surface area contributed by atoms with Gasteiger partial charge in [-0.25, -0.2) is 4.79 Å². The highest BCUT2D eigenvalue weighted by molar-refractivity contribution is 7.12. The maximum atomic E-state index is 12.4. The zero-order valence-corrected chi connectivity index (χ0v) is 17.9. The van der Waals surface area contributed by atoms with E-state index in [0.717, 1.165) is 5.56 Å². The summed E-state index contributed by atoms with van der Waals surface area (Å²) in [5.74, 6) is -0.165. The van der Waals surface area contributed by atoms with Crippen LogP contribution in [-0.4, -0.2) is 67.0 Å². The minimum absolute atomic E-state index is 0.0148. The minimum Gasteiger partial charge on any atom is -0.490 e. The molecule has 0 aliphatic carbocycles.